The number of nitrogens with one attached hydrogen (secondary N) is 1. The highest BCUT2D eigenvalue weighted by Gasteiger charge is 2.28. The van der Waals surface area contributed by atoms with Crippen molar-refractivity contribution in [3.05, 3.63) is 111 Å². The van der Waals surface area contributed by atoms with Gasteiger partial charge in [0.1, 0.15) is 6.54 Å². The molecule has 7 nitrogen and oxygen atoms in total. The normalized spacial score (nSPS) is 11.6. The molecule has 0 saturated carbocycles. The van der Waals surface area contributed by atoms with Crippen LogP contribution in [0.5, 0.6) is 0 Å². The van der Waals surface area contributed by atoms with E-state index in [9.17, 15) is 13.2 Å². The van der Waals surface area contributed by atoms with Gasteiger partial charge in [-0.2, -0.15) is 5.10 Å². The highest BCUT2D eigenvalue weighted by Crippen LogP contribution is 2.30. The number of carbonyl (C=O) groups excluding carboxylic acids is 1. The molecule has 38 heavy (non-hydrogen) atoms. The van der Waals surface area contributed by atoms with E-state index in [0.29, 0.717) is 0 Å². The van der Waals surface area contributed by atoms with Crippen molar-refractivity contribution in [2.75, 3.05) is 10.8 Å². The Kier molecular flexibility index (Phi) is 8.40. The first-order valence-corrected chi connectivity index (χ1v) is 14.3. The summed E-state index contributed by atoms with van der Waals surface area (Å²) in [7, 11) is -4.08. The second kappa shape index (κ2) is 11.6. The SMILES string of the molecule is Cc1ccc(S(=O)(=O)N(CC(=O)N/N=C\c2cc(C)n(-c3ccc(Br)cc3)c2C)c2ccccc2Cl)cc1. The topological polar surface area (TPSA) is 83.8 Å². The molecule has 1 amide bonds. The zero-order chi connectivity index (χ0) is 27.4. The van der Waals surface area contributed by atoms with Crippen LogP contribution in [0.4, 0.5) is 5.69 Å². The van der Waals surface area contributed by atoms with Crippen molar-refractivity contribution in [2.45, 2.75) is 25.7 Å². The number of hydrazone groups is 1. The molecule has 196 valence electrons. The highest BCUT2D eigenvalue weighted by atomic mass is 79.9. The molecule has 0 unspecified atom stereocenters. The van der Waals surface area contributed by atoms with E-state index >= 15 is 0 Å². The Balaban J connectivity index is 1.56. The first-order valence-electron chi connectivity index (χ1n) is 11.7. The Hall–Kier alpha value is -3.40. The lowest BCUT2D eigenvalue weighted by Gasteiger charge is -2.24. The van der Waals surface area contributed by atoms with Crippen LogP contribution in [0.15, 0.2) is 93.3 Å². The lowest BCUT2D eigenvalue weighted by Crippen LogP contribution is -2.39. The minimum Gasteiger partial charge on any atom is -0.318 e. The van der Waals surface area contributed by atoms with Crippen molar-refractivity contribution in [3.63, 3.8) is 0 Å². The number of rotatable bonds is 8. The quantitative estimate of drug-likeness (QED) is 0.191. The Morgan fingerprint density at radius 2 is 1.68 bits per heavy atom. The van der Waals surface area contributed by atoms with E-state index in [-0.39, 0.29) is 15.6 Å². The van der Waals surface area contributed by atoms with Gasteiger partial charge in [-0.3, -0.25) is 9.10 Å². The molecule has 1 aromatic heterocycles. The summed E-state index contributed by atoms with van der Waals surface area (Å²) < 4.78 is 31.1. The summed E-state index contributed by atoms with van der Waals surface area (Å²) in [6, 6.07) is 22.8. The third kappa shape index (κ3) is 6.01. The fraction of sp³-hybridized carbons (Fsp3) is 0.143. The van der Waals surface area contributed by atoms with Crippen LogP contribution in [-0.4, -0.2) is 31.7 Å². The minimum atomic E-state index is -4.08. The number of halogens is 2. The molecule has 3 aromatic carbocycles. The summed E-state index contributed by atoms with van der Waals surface area (Å²) >= 11 is 9.78. The van der Waals surface area contributed by atoms with Gasteiger partial charge in [-0.15, -0.1) is 0 Å². The van der Waals surface area contributed by atoms with Gasteiger partial charge < -0.3 is 4.57 Å². The predicted molar refractivity (Wildman–Crippen MR) is 156 cm³/mol. The van der Waals surface area contributed by atoms with E-state index in [2.05, 4.69) is 31.0 Å². The smallest absolute Gasteiger partial charge is 0.264 e. The first kappa shape index (κ1) is 27.6. The number of aromatic nitrogens is 1. The fourth-order valence-electron chi connectivity index (χ4n) is 4.04. The van der Waals surface area contributed by atoms with E-state index in [4.69, 9.17) is 11.6 Å². The summed E-state index contributed by atoms with van der Waals surface area (Å²) in [5.41, 5.74) is 7.35. The molecule has 1 heterocycles. The maximum Gasteiger partial charge on any atom is 0.264 e. The molecule has 0 saturated heterocycles. The van der Waals surface area contributed by atoms with E-state index < -0.39 is 22.5 Å². The van der Waals surface area contributed by atoms with Crippen molar-refractivity contribution >= 4 is 55.4 Å². The molecule has 0 aliphatic carbocycles. The van der Waals surface area contributed by atoms with E-state index in [1.165, 1.54) is 12.1 Å². The molecular weight excluding hydrogens is 588 g/mol. The average Bonchev–Trinajstić information content (AvgIpc) is 3.16. The predicted octanol–water partition coefficient (Wildman–Crippen LogP) is 6.16. The number of sulfonamides is 1. The van der Waals surface area contributed by atoms with Crippen LogP contribution >= 0.6 is 27.5 Å². The van der Waals surface area contributed by atoms with Gasteiger partial charge in [0.2, 0.25) is 0 Å². The third-order valence-electron chi connectivity index (χ3n) is 5.97. The Morgan fingerprint density at radius 1 is 1.03 bits per heavy atom. The molecule has 0 spiro atoms. The molecule has 0 aliphatic heterocycles. The second-order valence-electron chi connectivity index (χ2n) is 8.71. The fourth-order valence-corrected chi connectivity index (χ4v) is 6.03. The number of carbonyl (C=O) groups is 1. The number of nitrogens with zero attached hydrogens (tertiary/aromatic N) is 3. The van der Waals surface area contributed by atoms with Crippen LogP contribution in [0.1, 0.15) is 22.5 Å². The molecule has 0 aliphatic rings. The molecule has 0 atom stereocenters. The van der Waals surface area contributed by atoms with Gasteiger partial charge in [0.25, 0.3) is 15.9 Å². The lowest BCUT2D eigenvalue weighted by atomic mass is 10.2. The van der Waals surface area contributed by atoms with Gasteiger partial charge in [-0.05, 0) is 75.4 Å². The maximum atomic E-state index is 13.5. The van der Waals surface area contributed by atoms with Crippen molar-refractivity contribution in [1.29, 1.82) is 0 Å². The van der Waals surface area contributed by atoms with Gasteiger partial charge in [-0.1, -0.05) is 57.4 Å². The Morgan fingerprint density at radius 3 is 2.34 bits per heavy atom. The summed E-state index contributed by atoms with van der Waals surface area (Å²) in [5, 5.41) is 4.31. The van der Waals surface area contributed by atoms with Crippen LogP contribution in [0, 0.1) is 20.8 Å². The summed E-state index contributed by atoms with van der Waals surface area (Å²) in [4.78, 5) is 12.9. The zero-order valence-electron chi connectivity index (χ0n) is 21.0. The Labute approximate surface area is 235 Å². The van der Waals surface area contributed by atoms with E-state index in [1.807, 2.05) is 51.1 Å². The zero-order valence-corrected chi connectivity index (χ0v) is 24.2. The summed E-state index contributed by atoms with van der Waals surface area (Å²) in [6.45, 7) is 5.31. The molecule has 4 aromatic rings. The average molecular weight is 614 g/mol. The number of anilines is 1. The van der Waals surface area contributed by atoms with E-state index in [1.54, 1.807) is 42.6 Å². The number of hydrogen-bond donors (Lipinski definition) is 1. The number of para-hydroxylation sites is 1. The lowest BCUT2D eigenvalue weighted by molar-refractivity contribution is -0.119. The molecule has 0 bridgehead atoms. The summed E-state index contributed by atoms with van der Waals surface area (Å²) in [5.74, 6) is -0.612. The summed E-state index contributed by atoms with van der Waals surface area (Å²) in [6.07, 6.45) is 1.55. The van der Waals surface area contributed by atoms with Gasteiger partial charge in [-0.25, -0.2) is 13.8 Å². The standard InChI is InChI=1S/C28H26BrClN4O3S/c1-19-8-14-25(15-9-19)38(36,37)33(27-7-5-4-6-26(27)30)18-28(35)32-31-17-22-16-20(2)34(21(22)3)24-12-10-23(29)11-13-24/h4-17H,18H2,1-3H3,(H,32,35)/b31-17-. The number of amides is 1. The van der Waals surface area contributed by atoms with Crippen LogP contribution in [0.25, 0.3) is 5.69 Å². The van der Waals surface area contributed by atoms with Crippen LogP contribution in [0.2, 0.25) is 5.02 Å². The third-order valence-corrected chi connectivity index (χ3v) is 8.59. The molecule has 0 radical (unpaired) electrons. The van der Waals surface area contributed by atoms with Gasteiger partial charge in [0, 0.05) is 27.1 Å². The van der Waals surface area contributed by atoms with Crippen molar-refractivity contribution in [3.8, 4) is 5.69 Å². The molecule has 1 N–H and O–H groups in total. The molecule has 4 rings (SSSR count). The highest BCUT2D eigenvalue weighted by molar-refractivity contribution is 9.10. The molecular formula is C28H26BrClN4O3S. The van der Waals surface area contributed by atoms with Crippen LogP contribution < -0.4 is 9.73 Å². The Bertz CT molecular complexity index is 1600. The molecule has 0 fully saturated rings. The second-order valence-corrected chi connectivity index (χ2v) is 11.9. The van der Waals surface area contributed by atoms with Gasteiger partial charge in [0.05, 0.1) is 21.8 Å². The minimum absolute atomic E-state index is 0.0553. The van der Waals surface area contributed by atoms with Crippen LogP contribution in [0.3, 0.4) is 0 Å². The maximum absolute atomic E-state index is 13.5. The molecule has 10 heteroatoms. The monoisotopic (exact) mass is 612 g/mol. The van der Waals surface area contributed by atoms with Crippen molar-refractivity contribution in [2.24, 2.45) is 5.10 Å². The first-order chi connectivity index (χ1) is 18.1. The van der Waals surface area contributed by atoms with E-state index in [0.717, 1.165) is 37.0 Å². The van der Waals surface area contributed by atoms with Crippen molar-refractivity contribution < 1.29 is 13.2 Å². The largest absolute Gasteiger partial charge is 0.318 e. The number of aryl methyl sites for hydroxylation is 2. The van der Waals surface area contributed by atoms with Gasteiger partial charge >= 0.3 is 0 Å². The van der Waals surface area contributed by atoms with Crippen LogP contribution in [-0.2, 0) is 14.8 Å². The van der Waals surface area contributed by atoms with Gasteiger partial charge in [0.15, 0.2) is 0 Å². The number of benzene rings is 3. The van der Waals surface area contributed by atoms with Crippen molar-refractivity contribution in [1.82, 2.24) is 9.99 Å². The number of hydrogen-bond acceptors (Lipinski definition) is 4.